The molecule has 1 fully saturated rings. The van der Waals surface area contributed by atoms with Crippen molar-refractivity contribution >= 4 is 33.2 Å². The number of aliphatic carboxylic acids is 1. The zero-order valence-corrected chi connectivity index (χ0v) is 15.0. The number of hydrogen-bond acceptors (Lipinski definition) is 6. The normalized spacial score (nSPS) is 17.6. The summed E-state index contributed by atoms with van der Waals surface area (Å²) >= 11 is 0.972. The van der Waals surface area contributed by atoms with Gasteiger partial charge >= 0.3 is 5.97 Å². The smallest absolute Gasteiger partial charge is 0.326 e. The van der Waals surface area contributed by atoms with Crippen molar-refractivity contribution in [2.45, 2.75) is 24.8 Å². The summed E-state index contributed by atoms with van der Waals surface area (Å²) in [5.41, 5.74) is 0. The summed E-state index contributed by atoms with van der Waals surface area (Å²) in [6, 6.07) is 0.253. The number of nitrogens with one attached hydrogen (secondary N) is 1. The summed E-state index contributed by atoms with van der Waals surface area (Å²) in [7, 11) is -3.67. The van der Waals surface area contributed by atoms with Gasteiger partial charge in [0.25, 0.3) is 5.91 Å². The zero-order valence-electron chi connectivity index (χ0n) is 13.4. The van der Waals surface area contributed by atoms with Gasteiger partial charge in [-0.25, -0.2) is 13.2 Å². The summed E-state index contributed by atoms with van der Waals surface area (Å²) in [6.07, 6.45) is 0. The number of amides is 1. The number of thiophene rings is 1. The molecule has 1 aromatic heterocycles. The highest BCUT2D eigenvalue weighted by atomic mass is 32.2. The third-order valence-electron chi connectivity index (χ3n) is 3.63. The molecule has 24 heavy (non-hydrogen) atoms. The van der Waals surface area contributed by atoms with Gasteiger partial charge in [-0.3, -0.25) is 4.79 Å². The summed E-state index contributed by atoms with van der Waals surface area (Å²) in [5.74, 6) is -2.01. The molecular weight excluding hydrogens is 356 g/mol. The van der Waals surface area contributed by atoms with Crippen LogP contribution in [-0.4, -0.2) is 62.1 Å². The standard InChI is InChI=1S/C14H20N2O6S2/c1-9(2)12(14(18)19)15-13(17)11-7-10(8-23-11)24(20,21)16-3-5-22-6-4-16/h7-9,12H,3-6H2,1-2H3,(H,15,17)(H,18,19)/t12-/m0/s1. The van der Waals surface area contributed by atoms with Crippen LogP contribution in [0.4, 0.5) is 0 Å². The maximum absolute atomic E-state index is 12.5. The number of carbonyl (C=O) groups excluding carboxylic acids is 1. The molecule has 1 aromatic rings. The monoisotopic (exact) mass is 376 g/mol. The number of rotatable bonds is 6. The van der Waals surface area contributed by atoms with Gasteiger partial charge < -0.3 is 15.2 Å². The predicted octanol–water partition coefficient (Wildman–Crippen LogP) is 0.608. The van der Waals surface area contributed by atoms with E-state index in [-0.39, 0.29) is 28.8 Å². The minimum atomic E-state index is -3.67. The van der Waals surface area contributed by atoms with Crippen LogP contribution in [0.15, 0.2) is 16.3 Å². The Balaban J connectivity index is 2.14. The lowest BCUT2D eigenvalue weighted by atomic mass is 10.0. The molecule has 2 heterocycles. The molecular formula is C14H20N2O6S2. The lowest BCUT2D eigenvalue weighted by Crippen LogP contribution is -2.44. The van der Waals surface area contributed by atoms with Gasteiger partial charge in [0.1, 0.15) is 6.04 Å². The van der Waals surface area contributed by atoms with Crippen LogP contribution in [0.3, 0.4) is 0 Å². The van der Waals surface area contributed by atoms with Gasteiger partial charge in [0.2, 0.25) is 10.0 Å². The van der Waals surface area contributed by atoms with E-state index in [2.05, 4.69) is 5.32 Å². The molecule has 0 saturated carbocycles. The van der Waals surface area contributed by atoms with E-state index in [1.165, 1.54) is 15.8 Å². The van der Waals surface area contributed by atoms with Gasteiger partial charge in [0, 0.05) is 18.5 Å². The van der Waals surface area contributed by atoms with Crippen LogP contribution in [0, 0.1) is 5.92 Å². The first-order valence-corrected chi connectivity index (χ1v) is 9.75. The fourth-order valence-electron chi connectivity index (χ4n) is 2.24. The Kier molecular flexibility index (Phi) is 5.97. The number of carboxylic acid groups (broad SMARTS) is 1. The number of sulfonamides is 1. The highest BCUT2D eigenvalue weighted by Gasteiger charge is 2.29. The Bertz CT molecular complexity index is 707. The molecule has 10 heteroatoms. The van der Waals surface area contributed by atoms with Gasteiger partial charge in [-0.2, -0.15) is 4.31 Å². The van der Waals surface area contributed by atoms with Crippen LogP contribution < -0.4 is 5.32 Å². The average molecular weight is 376 g/mol. The molecule has 8 nitrogen and oxygen atoms in total. The third kappa shape index (κ3) is 4.12. The second-order valence-electron chi connectivity index (χ2n) is 5.70. The van der Waals surface area contributed by atoms with E-state index in [0.29, 0.717) is 13.2 Å². The van der Waals surface area contributed by atoms with Crippen LogP contribution in [0.2, 0.25) is 0 Å². The Morgan fingerprint density at radius 3 is 2.50 bits per heavy atom. The van der Waals surface area contributed by atoms with E-state index in [1.54, 1.807) is 13.8 Å². The molecule has 1 aliphatic heterocycles. The molecule has 1 amide bonds. The van der Waals surface area contributed by atoms with Crippen molar-refractivity contribution in [3.05, 3.63) is 16.3 Å². The maximum atomic E-state index is 12.5. The van der Waals surface area contributed by atoms with E-state index in [0.717, 1.165) is 11.3 Å². The molecule has 0 bridgehead atoms. The van der Waals surface area contributed by atoms with Gasteiger partial charge in [-0.15, -0.1) is 11.3 Å². The van der Waals surface area contributed by atoms with Crippen LogP contribution >= 0.6 is 11.3 Å². The zero-order chi connectivity index (χ0) is 17.9. The second kappa shape index (κ2) is 7.60. The number of hydrogen-bond donors (Lipinski definition) is 2. The highest BCUT2D eigenvalue weighted by molar-refractivity contribution is 7.89. The fraction of sp³-hybridized carbons (Fsp3) is 0.571. The number of morpholine rings is 1. The van der Waals surface area contributed by atoms with Crippen LogP contribution in [0.1, 0.15) is 23.5 Å². The Hall–Kier alpha value is -1.49. The van der Waals surface area contributed by atoms with E-state index in [4.69, 9.17) is 9.84 Å². The van der Waals surface area contributed by atoms with Crippen molar-refractivity contribution in [3.63, 3.8) is 0 Å². The lowest BCUT2D eigenvalue weighted by molar-refractivity contribution is -0.140. The first-order valence-electron chi connectivity index (χ1n) is 7.43. The Morgan fingerprint density at radius 1 is 1.33 bits per heavy atom. The highest BCUT2D eigenvalue weighted by Crippen LogP contribution is 2.23. The van der Waals surface area contributed by atoms with E-state index in [9.17, 15) is 18.0 Å². The summed E-state index contributed by atoms with van der Waals surface area (Å²) < 4.78 is 31.5. The number of ether oxygens (including phenoxy) is 1. The molecule has 0 aromatic carbocycles. The molecule has 0 radical (unpaired) electrons. The quantitative estimate of drug-likeness (QED) is 0.752. The molecule has 134 valence electrons. The minimum Gasteiger partial charge on any atom is -0.480 e. The van der Waals surface area contributed by atoms with Crippen LogP contribution in [0.5, 0.6) is 0 Å². The predicted molar refractivity (Wildman–Crippen MR) is 87.6 cm³/mol. The second-order valence-corrected chi connectivity index (χ2v) is 8.55. The first-order chi connectivity index (χ1) is 11.2. The molecule has 0 spiro atoms. The van der Waals surface area contributed by atoms with E-state index in [1.807, 2.05) is 0 Å². The third-order valence-corrected chi connectivity index (χ3v) is 6.58. The van der Waals surface area contributed by atoms with Gasteiger partial charge in [0.15, 0.2) is 0 Å². The largest absolute Gasteiger partial charge is 0.480 e. The number of carbonyl (C=O) groups is 2. The topological polar surface area (TPSA) is 113 Å². The van der Waals surface area contributed by atoms with Gasteiger partial charge in [-0.05, 0) is 12.0 Å². The molecule has 0 unspecified atom stereocenters. The number of carboxylic acids is 1. The maximum Gasteiger partial charge on any atom is 0.326 e. The molecule has 1 atom stereocenters. The molecule has 1 aliphatic rings. The first kappa shape index (κ1) is 18.8. The molecule has 2 N–H and O–H groups in total. The summed E-state index contributed by atoms with van der Waals surface area (Å²) in [6.45, 7) is 4.59. The lowest BCUT2D eigenvalue weighted by Gasteiger charge is -2.25. The van der Waals surface area contributed by atoms with E-state index < -0.39 is 27.9 Å². The van der Waals surface area contributed by atoms with Crippen LogP contribution in [-0.2, 0) is 19.6 Å². The minimum absolute atomic E-state index is 0.0379. The summed E-state index contributed by atoms with van der Waals surface area (Å²) in [4.78, 5) is 23.5. The van der Waals surface area contributed by atoms with Crippen molar-refractivity contribution in [1.82, 2.24) is 9.62 Å². The van der Waals surface area contributed by atoms with Crippen molar-refractivity contribution in [1.29, 1.82) is 0 Å². The van der Waals surface area contributed by atoms with Crippen LogP contribution in [0.25, 0.3) is 0 Å². The number of nitrogens with zero attached hydrogens (tertiary/aromatic N) is 1. The van der Waals surface area contributed by atoms with Crippen molar-refractivity contribution in [3.8, 4) is 0 Å². The Labute approximate surface area is 144 Å². The Morgan fingerprint density at radius 2 is 1.96 bits per heavy atom. The van der Waals surface area contributed by atoms with Gasteiger partial charge in [0.05, 0.1) is 23.0 Å². The van der Waals surface area contributed by atoms with Crippen molar-refractivity contribution in [2.24, 2.45) is 5.92 Å². The molecule has 1 saturated heterocycles. The average Bonchev–Trinajstić information content (AvgIpc) is 3.03. The van der Waals surface area contributed by atoms with E-state index >= 15 is 0 Å². The van der Waals surface area contributed by atoms with Gasteiger partial charge in [-0.1, -0.05) is 13.8 Å². The van der Waals surface area contributed by atoms with Crippen molar-refractivity contribution in [2.75, 3.05) is 26.3 Å². The SMILES string of the molecule is CC(C)[C@H](NC(=O)c1cc(S(=O)(=O)N2CCOCC2)cs1)C(=O)O. The fourth-order valence-corrected chi connectivity index (χ4v) is 4.81. The summed E-state index contributed by atoms with van der Waals surface area (Å²) in [5, 5.41) is 12.9. The van der Waals surface area contributed by atoms with Crippen molar-refractivity contribution < 1.29 is 27.9 Å². The molecule has 0 aliphatic carbocycles. The molecule has 2 rings (SSSR count).